The van der Waals surface area contributed by atoms with Crippen LogP contribution in [0.3, 0.4) is 0 Å². The highest BCUT2D eigenvalue weighted by Crippen LogP contribution is 2.34. The Kier molecular flexibility index (Phi) is 6.96. The summed E-state index contributed by atoms with van der Waals surface area (Å²) in [5.41, 5.74) is 0.155. The van der Waals surface area contributed by atoms with Crippen molar-refractivity contribution < 1.29 is 19.2 Å². The van der Waals surface area contributed by atoms with Crippen LogP contribution in [-0.4, -0.2) is 24.5 Å². The van der Waals surface area contributed by atoms with Gasteiger partial charge in [0.15, 0.2) is 11.5 Å². The molecule has 8 nitrogen and oxygen atoms in total. The standard InChI is InChI=1S/C19H16ClN3O5/c1-3-28-18-10-16(20)12(8-17(18)27-2)7-13(11-21)19(24)22-14-5-4-6-15(9-14)23(25)26/h4-10H,3H2,1-2H3,(H,22,24)/b13-7+. The highest BCUT2D eigenvalue weighted by Gasteiger charge is 2.15. The molecule has 0 aromatic heterocycles. The van der Waals surface area contributed by atoms with Gasteiger partial charge in [0, 0.05) is 23.9 Å². The van der Waals surface area contributed by atoms with E-state index in [0.29, 0.717) is 23.7 Å². The lowest BCUT2D eigenvalue weighted by atomic mass is 10.1. The normalized spacial score (nSPS) is 10.7. The van der Waals surface area contributed by atoms with Crippen LogP contribution in [0.4, 0.5) is 11.4 Å². The van der Waals surface area contributed by atoms with Gasteiger partial charge in [0.25, 0.3) is 11.6 Å². The maximum Gasteiger partial charge on any atom is 0.271 e. The molecule has 0 spiro atoms. The zero-order valence-electron chi connectivity index (χ0n) is 15.1. The Morgan fingerprint density at radius 2 is 2.11 bits per heavy atom. The zero-order chi connectivity index (χ0) is 20.7. The summed E-state index contributed by atoms with van der Waals surface area (Å²) >= 11 is 6.22. The molecule has 1 amide bonds. The molecular weight excluding hydrogens is 386 g/mol. The van der Waals surface area contributed by atoms with Gasteiger partial charge in [-0.25, -0.2) is 0 Å². The number of nitrogens with zero attached hydrogens (tertiary/aromatic N) is 2. The number of benzene rings is 2. The van der Waals surface area contributed by atoms with Gasteiger partial charge in [-0.2, -0.15) is 5.26 Å². The smallest absolute Gasteiger partial charge is 0.271 e. The summed E-state index contributed by atoms with van der Waals surface area (Å²) in [5.74, 6) is 0.104. The van der Waals surface area contributed by atoms with E-state index in [1.807, 2.05) is 6.92 Å². The lowest BCUT2D eigenvalue weighted by Crippen LogP contribution is -2.13. The number of nitro groups is 1. The molecule has 144 valence electrons. The molecule has 0 saturated heterocycles. The Hall–Kier alpha value is -3.57. The number of methoxy groups -OCH3 is 1. The summed E-state index contributed by atoms with van der Waals surface area (Å²) in [6.07, 6.45) is 1.30. The molecule has 0 aliphatic rings. The topological polar surface area (TPSA) is 114 Å². The fraction of sp³-hybridized carbons (Fsp3) is 0.158. The number of non-ortho nitro benzene ring substituents is 1. The number of nitro benzene ring substituents is 1. The molecule has 0 fully saturated rings. The number of carbonyl (C=O) groups is 1. The quantitative estimate of drug-likeness (QED) is 0.322. The molecule has 0 aliphatic heterocycles. The molecule has 0 unspecified atom stereocenters. The zero-order valence-corrected chi connectivity index (χ0v) is 15.8. The third kappa shape index (κ3) is 4.99. The molecule has 0 saturated carbocycles. The third-order valence-corrected chi connectivity index (χ3v) is 3.89. The van der Waals surface area contributed by atoms with Crippen molar-refractivity contribution in [3.8, 4) is 17.6 Å². The van der Waals surface area contributed by atoms with E-state index in [9.17, 15) is 20.2 Å². The van der Waals surface area contributed by atoms with Crippen LogP contribution in [0.15, 0.2) is 42.0 Å². The summed E-state index contributed by atoms with van der Waals surface area (Å²) in [4.78, 5) is 22.6. The second-order valence-corrected chi connectivity index (χ2v) is 5.80. The van der Waals surface area contributed by atoms with Crippen LogP contribution in [0.25, 0.3) is 6.08 Å². The third-order valence-electron chi connectivity index (χ3n) is 3.56. The van der Waals surface area contributed by atoms with Crippen molar-refractivity contribution in [3.63, 3.8) is 0 Å². The number of rotatable bonds is 7. The van der Waals surface area contributed by atoms with Gasteiger partial charge >= 0.3 is 0 Å². The van der Waals surface area contributed by atoms with Gasteiger partial charge in [-0.3, -0.25) is 14.9 Å². The first kappa shape index (κ1) is 20.7. The number of nitrogens with one attached hydrogen (secondary N) is 1. The van der Waals surface area contributed by atoms with Gasteiger partial charge in [-0.05, 0) is 30.7 Å². The molecule has 9 heteroatoms. The van der Waals surface area contributed by atoms with E-state index >= 15 is 0 Å². The Balaban J connectivity index is 2.33. The fourth-order valence-electron chi connectivity index (χ4n) is 2.29. The van der Waals surface area contributed by atoms with Crippen LogP contribution >= 0.6 is 11.6 Å². The first-order valence-electron chi connectivity index (χ1n) is 8.07. The minimum absolute atomic E-state index is 0.181. The number of hydrogen-bond donors (Lipinski definition) is 1. The molecule has 0 atom stereocenters. The van der Waals surface area contributed by atoms with Gasteiger partial charge in [0.05, 0.1) is 23.7 Å². The Morgan fingerprint density at radius 1 is 1.36 bits per heavy atom. The van der Waals surface area contributed by atoms with Crippen molar-refractivity contribution in [3.05, 3.63) is 62.7 Å². The molecule has 2 aromatic rings. The number of halogens is 1. The van der Waals surface area contributed by atoms with Crippen molar-refractivity contribution in [2.75, 3.05) is 19.0 Å². The monoisotopic (exact) mass is 401 g/mol. The maximum absolute atomic E-state index is 12.4. The number of ether oxygens (including phenoxy) is 2. The first-order valence-corrected chi connectivity index (χ1v) is 8.45. The van der Waals surface area contributed by atoms with E-state index in [0.717, 1.165) is 0 Å². The Labute approximate surface area is 166 Å². The van der Waals surface area contributed by atoms with E-state index < -0.39 is 10.8 Å². The van der Waals surface area contributed by atoms with Crippen molar-refractivity contribution in [1.29, 1.82) is 5.26 Å². The van der Waals surface area contributed by atoms with Gasteiger partial charge in [-0.1, -0.05) is 17.7 Å². The summed E-state index contributed by atoms with van der Waals surface area (Å²) in [7, 11) is 1.46. The molecule has 0 heterocycles. The summed E-state index contributed by atoms with van der Waals surface area (Å²) in [5, 5.41) is 22.9. The van der Waals surface area contributed by atoms with E-state index in [2.05, 4.69) is 5.32 Å². The van der Waals surface area contributed by atoms with Crippen molar-refractivity contribution >= 4 is 35.0 Å². The largest absolute Gasteiger partial charge is 0.493 e. The lowest BCUT2D eigenvalue weighted by molar-refractivity contribution is -0.384. The minimum Gasteiger partial charge on any atom is -0.493 e. The van der Waals surface area contributed by atoms with Gasteiger partial charge in [0.1, 0.15) is 11.6 Å². The predicted molar refractivity (Wildman–Crippen MR) is 104 cm³/mol. The average Bonchev–Trinajstić information content (AvgIpc) is 2.67. The van der Waals surface area contributed by atoms with Crippen molar-refractivity contribution in [2.45, 2.75) is 6.92 Å². The Morgan fingerprint density at radius 3 is 2.71 bits per heavy atom. The van der Waals surface area contributed by atoms with Crippen LogP contribution in [0.1, 0.15) is 12.5 Å². The molecule has 1 N–H and O–H groups in total. The predicted octanol–water partition coefficient (Wildman–Crippen LogP) is 4.20. The fourth-order valence-corrected chi connectivity index (χ4v) is 2.50. The average molecular weight is 402 g/mol. The second kappa shape index (κ2) is 9.39. The van der Waals surface area contributed by atoms with Crippen molar-refractivity contribution in [1.82, 2.24) is 0 Å². The van der Waals surface area contributed by atoms with E-state index in [-0.39, 0.29) is 22.0 Å². The highest BCUT2D eigenvalue weighted by atomic mass is 35.5. The summed E-state index contributed by atoms with van der Waals surface area (Å²) in [6, 6.07) is 10.3. The number of anilines is 1. The molecule has 2 rings (SSSR count). The molecule has 0 aliphatic carbocycles. The number of carbonyl (C=O) groups excluding carboxylic acids is 1. The SMILES string of the molecule is CCOc1cc(Cl)c(/C=C(\C#N)C(=O)Nc2cccc([N+](=O)[O-])c2)cc1OC. The van der Waals surface area contributed by atoms with Gasteiger partial charge in [0.2, 0.25) is 0 Å². The molecule has 2 aromatic carbocycles. The van der Waals surface area contributed by atoms with Gasteiger partial charge < -0.3 is 14.8 Å². The lowest BCUT2D eigenvalue weighted by Gasteiger charge is -2.11. The summed E-state index contributed by atoms with van der Waals surface area (Å²) < 4.78 is 10.7. The van der Waals surface area contributed by atoms with Crippen molar-refractivity contribution in [2.24, 2.45) is 0 Å². The van der Waals surface area contributed by atoms with E-state index in [4.69, 9.17) is 21.1 Å². The summed E-state index contributed by atoms with van der Waals surface area (Å²) in [6.45, 7) is 2.23. The Bertz CT molecular complexity index is 982. The first-order chi connectivity index (χ1) is 13.4. The van der Waals surface area contributed by atoms with Crippen LogP contribution in [0.2, 0.25) is 5.02 Å². The van der Waals surface area contributed by atoms with E-state index in [1.54, 1.807) is 12.1 Å². The minimum atomic E-state index is -0.730. The van der Waals surface area contributed by atoms with E-state index in [1.165, 1.54) is 43.5 Å². The number of amides is 1. The van der Waals surface area contributed by atoms with Gasteiger partial charge in [-0.15, -0.1) is 0 Å². The molecule has 0 radical (unpaired) electrons. The van der Waals surface area contributed by atoms with Crippen LogP contribution in [0, 0.1) is 21.4 Å². The number of hydrogen-bond acceptors (Lipinski definition) is 6. The van der Waals surface area contributed by atoms with Crippen LogP contribution in [-0.2, 0) is 4.79 Å². The number of nitriles is 1. The molecule has 0 bridgehead atoms. The molecule has 28 heavy (non-hydrogen) atoms. The molecular formula is C19H16ClN3O5. The maximum atomic E-state index is 12.4. The van der Waals surface area contributed by atoms with Crippen LogP contribution < -0.4 is 14.8 Å². The highest BCUT2D eigenvalue weighted by molar-refractivity contribution is 6.32. The second-order valence-electron chi connectivity index (χ2n) is 5.39. The van der Waals surface area contributed by atoms with Crippen LogP contribution in [0.5, 0.6) is 11.5 Å².